The Morgan fingerprint density at radius 2 is 2.26 bits per heavy atom. The van der Waals surface area contributed by atoms with Crippen molar-refractivity contribution in [1.82, 2.24) is 9.88 Å². The highest BCUT2D eigenvalue weighted by Gasteiger charge is 2.40. The van der Waals surface area contributed by atoms with Gasteiger partial charge in [-0.25, -0.2) is 4.98 Å². The third-order valence-corrected chi connectivity index (χ3v) is 3.75. The van der Waals surface area contributed by atoms with Crippen LogP contribution < -0.4 is 4.74 Å². The fraction of sp³-hybridized carbons (Fsp3) is 0.643. The number of likely N-dealkylation sites (tertiary alicyclic amines) is 1. The monoisotopic (exact) mass is 264 g/mol. The molecule has 1 spiro atoms. The van der Waals surface area contributed by atoms with Crippen molar-refractivity contribution in [2.75, 3.05) is 33.4 Å². The number of hydrogen-bond donors (Lipinski definition) is 0. The molecular formula is C14H20N2O3. The molecule has 2 aliphatic heterocycles. The van der Waals surface area contributed by atoms with E-state index in [0.717, 1.165) is 38.0 Å². The highest BCUT2D eigenvalue weighted by Crippen LogP contribution is 2.31. The Morgan fingerprint density at radius 3 is 3.05 bits per heavy atom. The summed E-state index contributed by atoms with van der Waals surface area (Å²) in [5.41, 5.74) is 1.11. The molecule has 0 N–H and O–H groups in total. The maximum absolute atomic E-state index is 5.80. The van der Waals surface area contributed by atoms with Crippen molar-refractivity contribution in [3.05, 3.63) is 23.9 Å². The lowest BCUT2D eigenvalue weighted by Crippen LogP contribution is -2.48. The molecule has 0 aromatic carbocycles. The van der Waals surface area contributed by atoms with Gasteiger partial charge >= 0.3 is 0 Å². The summed E-state index contributed by atoms with van der Waals surface area (Å²) in [6, 6.07) is 4.00. The minimum atomic E-state index is -0.367. The van der Waals surface area contributed by atoms with Crippen molar-refractivity contribution >= 4 is 0 Å². The van der Waals surface area contributed by atoms with Crippen molar-refractivity contribution < 1.29 is 14.2 Å². The van der Waals surface area contributed by atoms with Gasteiger partial charge in [0.25, 0.3) is 0 Å². The van der Waals surface area contributed by atoms with Crippen LogP contribution in [-0.2, 0) is 16.0 Å². The SMILES string of the molecule is COc1ncccc1CN1CCCC2(C1)OCCO2. The molecule has 3 rings (SSSR count). The molecule has 0 atom stereocenters. The van der Waals surface area contributed by atoms with E-state index in [1.54, 1.807) is 13.3 Å². The molecule has 0 amide bonds. The van der Waals surface area contributed by atoms with E-state index in [-0.39, 0.29) is 5.79 Å². The van der Waals surface area contributed by atoms with Crippen LogP contribution in [0.2, 0.25) is 0 Å². The van der Waals surface area contributed by atoms with Gasteiger partial charge in [0.1, 0.15) is 0 Å². The Labute approximate surface area is 113 Å². The first kappa shape index (κ1) is 12.8. The van der Waals surface area contributed by atoms with Crippen molar-refractivity contribution in [1.29, 1.82) is 0 Å². The van der Waals surface area contributed by atoms with Gasteiger partial charge < -0.3 is 14.2 Å². The number of pyridine rings is 1. The van der Waals surface area contributed by atoms with Gasteiger partial charge in [-0.15, -0.1) is 0 Å². The molecule has 0 aliphatic carbocycles. The molecule has 0 radical (unpaired) electrons. The van der Waals surface area contributed by atoms with Crippen LogP contribution in [0, 0.1) is 0 Å². The second-order valence-electron chi connectivity index (χ2n) is 5.09. The molecule has 1 aromatic rings. The van der Waals surface area contributed by atoms with Crippen molar-refractivity contribution in [3.63, 3.8) is 0 Å². The predicted octanol–water partition coefficient (Wildman–Crippen LogP) is 1.43. The molecule has 2 fully saturated rings. The van der Waals surface area contributed by atoms with Crippen LogP contribution in [0.3, 0.4) is 0 Å². The number of hydrogen-bond acceptors (Lipinski definition) is 5. The molecule has 2 aliphatic rings. The van der Waals surface area contributed by atoms with E-state index in [1.807, 2.05) is 6.07 Å². The van der Waals surface area contributed by atoms with Gasteiger partial charge in [0.15, 0.2) is 5.79 Å². The molecule has 104 valence electrons. The smallest absolute Gasteiger partial charge is 0.217 e. The molecular weight excluding hydrogens is 244 g/mol. The lowest BCUT2D eigenvalue weighted by atomic mass is 10.0. The zero-order valence-corrected chi connectivity index (χ0v) is 11.3. The molecule has 2 saturated heterocycles. The van der Waals surface area contributed by atoms with E-state index < -0.39 is 0 Å². The Morgan fingerprint density at radius 1 is 1.42 bits per heavy atom. The van der Waals surface area contributed by atoms with Gasteiger partial charge in [0.2, 0.25) is 5.88 Å². The molecule has 19 heavy (non-hydrogen) atoms. The minimum absolute atomic E-state index is 0.367. The first-order valence-corrected chi connectivity index (χ1v) is 6.79. The maximum atomic E-state index is 5.80. The van der Waals surface area contributed by atoms with Crippen LogP contribution in [0.4, 0.5) is 0 Å². The van der Waals surface area contributed by atoms with E-state index in [1.165, 1.54) is 0 Å². The zero-order chi connectivity index (χ0) is 13.1. The Balaban J connectivity index is 1.69. The average Bonchev–Trinajstić information content (AvgIpc) is 2.87. The summed E-state index contributed by atoms with van der Waals surface area (Å²) in [4.78, 5) is 6.60. The van der Waals surface area contributed by atoms with Crippen LogP contribution in [0.5, 0.6) is 5.88 Å². The Bertz CT molecular complexity index is 432. The largest absolute Gasteiger partial charge is 0.481 e. The highest BCUT2D eigenvalue weighted by molar-refractivity contribution is 5.25. The summed E-state index contributed by atoms with van der Waals surface area (Å²) in [5.74, 6) is 0.337. The summed E-state index contributed by atoms with van der Waals surface area (Å²) in [6.45, 7) is 4.14. The molecule has 3 heterocycles. The van der Waals surface area contributed by atoms with Crippen LogP contribution in [-0.4, -0.2) is 49.1 Å². The first-order valence-electron chi connectivity index (χ1n) is 6.79. The number of piperidine rings is 1. The van der Waals surface area contributed by atoms with E-state index in [4.69, 9.17) is 14.2 Å². The third kappa shape index (κ3) is 2.73. The Hall–Kier alpha value is -1.17. The van der Waals surface area contributed by atoms with Gasteiger partial charge in [0.05, 0.1) is 26.9 Å². The van der Waals surface area contributed by atoms with Gasteiger partial charge in [-0.1, -0.05) is 6.07 Å². The standard InChI is InChI=1S/C14H20N2O3/c1-17-13-12(4-2-6-15-13)10-16-7-3-5-14(11-16)18-8-9-19-14/h2,4,6H,3,5,7-11H2,1H3. The van der Waals surface area contributed by atoms with E-state index in [2.05, 4.69) is 16.0 Å². The predicted molar refractivity (Wildman–Crippen MR) is 69.9 cm³/mol. The van der Waals surface area contributed by atoms with Crippen molar-refractivity contribution in [2.24, 2.45) is 0 Å². The van der Waals surface area contributed by atoms with Gasteiger partial charge in [-0.3, -0.25) is 4.90 Å². The Kier molecular flexibility index (Phi) is 3.68. The zero-order valence-electron chi connectivity index (χ0n) is 11.3. The normalized spacial score (nSPS) is 22.8. The topological polar surface area (TPSA) is 43.8 Å². The molecule has 0 bridgehead atoms. The van der Waals surface area contributed by atoms with E-state index >= 15 is 0 Å². The molecule has 0 unspecified atom stereocenters. The van der Waals surface area contributed by atoms with Crippen LogP contribution in [0.25, 0.3) is 0 Å². The number of methoxy groups -OCH3 is 1. The fourth-order valence-electron chi connectivity index (χ4n) is 2.91. The fourth-order valence-corrected chi connectivity index (χ4v) is 2.91. The summed E-state index contributed by atoms with van der Waals surface area (Å²) < 4.78 is 16.9. The van der Waals surface area contributed by atoms with E-state index in [9.17, 15) is 0 Å². The minimum Gasteiger partial charge on any atom is -0.481 e. The number of nitrogens with zero attached hydrogens (tertiary/aromatic N) is 2. The second kappa shape index (κ2) is 5.45. The summed E-state index contributed by atoms with van der Waals surface area (Å²) in [6.07, 6.45) is 3.85. The lowest BCUT2D eigenvalue weighted by molar-refractivity contribution is -0.190. The van der Waals surface area contributed by atoms with Gasteiger partial charge in [0, 0.05) is 24.7 Å². The summed E-state index contributed by atoms with van der Waals surface area (Å²) >= 11 is 0. The summed E-state index contributed by atoms with van der Waals surface area (Å²) in [5, 5.41) is 0. The quantitative estimate of drug-likeness (QED) is 0.826. The van der Waals surface area contributed by atoms with Crippen molar-refractivity contribution in [3.8, 4) is 5.88 Å². The van der Waals surface area contributed by atoms with E-state index in [0.29, 0.717) is 19.1 Å². The molecule has 0 saturated carbocycles. The summed E-state index contributed by atoms with van der Waals surface area (Å²) in [7, 11) is 1.66. The average molecular weight is 264 g/mol. The molecule has 5 nitrogen and oxygen atoms in total. The lowest BCUT2D eigenvalue weighted by Gasteiger charge is -2.38. The van der Waals surface area contributed by atoms with Gasteiger partial charge in [-0.2, -0.15) is 0 Å². The van der Waals surface area contributed by atoms with Crippen LogP contribution in [0.15, 0.2) is 18.3 Å². The molecule has 5 heteroatoms. The van der Waals surface area contributed by atoms with Gasteiger partial charge in [-0.05, 0) is 19.0 Å². The van der Waals surface area contributed by atoms with Crippen LogP contribution >= 0.6 is 0 Å². The number of aromatic nitrogens is 1. The maximum Gasteiger partial charge on any atom is 0.217 e. The number of rotatable bonds is 3. The number of ether oxygens (including phenoxy) is 3. The molecule has 1 aromatic heterocycles. The second-order valence-corrected chi connectivity index (χ2v) is 5.09. The third-order valence-electron chi connectivity index (χ3n) is 3.75. The van der Waals surface area contributed by atoms with Crippen LogP contribution in [0.1, 0.15) is 18.4 Å². The highest BCUT2D eigenvalue weighted by atomic mass is 16.7. The van der Waals surface area contributed by atoms with Crippen molar-refractivity contribution in [2.45, 2.75) is 25.2 Å². The first-order chi connectivity index (χ1) is 9.31.